The van der Waals surface area contributed by atoms with Crippen LogP contribution in [0.2, 0.25) is 0 Å². The van der Waals surface area contributed by atoms with Crippen LogP contribution in [0.15, 0.2) is 4.52 Å². The standard InChI is InChI=1S/C22H34N2O3.C3H8/c1-3-10-22(11-6-15(2)7-12-22)20-18(19(27-24-20)16-4-5-16)21(25)26-17-8-13-23-14-9-17;1-3-2/h15-17,23H,3-14H2,1-2H3;3H2,1-2H3. The molecule has 30 heavy (non-hydrogen) atoms. The van der Waals surface area contributed by atoms with Crippen molar-refractivity contribution in [3.63, 3.8) is 0 Å². The van der Waals surface area contributed by atoms with E-state index in [-0.39, 0.29) is 17.5 Å². The second-order valence-corrected chi connectivity index (χ2v) is 9.82. The molecule has 0 amide bonds. The van der Waals surface area contributed by atoms with E-state index in [1.54, 1.807) is 0 Å². The van der Waals surface area contributed by atoms with Crippen LogP contribution in [0.25, 0.3) is 0 Å². The molecule has 0 aromatic carbocycles. The molecule has 0 radical (unpaired) electrons. The first-order valence-corrected chi connectivity index (χ1v) is 12.5. The van der Waals surface area contributed by atoms with E-state index in [1.807, 2.05) is 0 Å². The van der Waals surface area contributed by atoms with Crippen molar-refractivity contribution in [1.29, 1.82) is 0 Å². The Hall–Kier alpha value is -1.36. The molecule has 1 saturated heterocycles. The summed E-state index contributed by atoms with van der Waals surface area (Å²) in [4.78, 5) is 13.3. The third kappa shape index (κ3) is 5.46. The zero-order valence-electron chi connectivity index (χ0n) is 19.6. The summed E-state index contributed by atoms with van der Waals surface area (Å²) in [5.74, 6) is 1.74. The van der Waals surface area contributed by atoms with E-state index in [0.717, 1.165) is 81.8 Å². The molecule has 1 aromatic rings. The number of carbonyl (C=O) groups is 1. The van der Waals surface area contributed by atoms with Gasteiger partial charge < -0.3 is 14.6 Å². The van der Waals surface area contributed by atoms with Crippen LogP contribution in [0, 0.1) is 5.92 Å². The summed E-state index contributed by atoms with van der Waals surface area (Å²) < 4.78 is 11.8. The number of nitrogens with zero attached hydrogens (tertiary/aromatic N) is 1. The molecule has 0 atom stereocenters. The van der Waals surface area contributed by atoms with Crippen LogP contribution < -0.4 is 5.32 Å². The Labute approximate surface area is 182 Å². The van der Waals surface area contributed by atoms with Gasteiger partial charge in [0.2, 0.25) is 0 Å². The van der Waals surface area contributed by atoms with Crippen molar-refractivity contribution in [3.8, 4) is 0 Å². The van der Waals surface area contributed by atoms with Gasteiger partial charge in [-0.25, -0.2) is 4.79 Å². The summed E-state index contributed by atoms with van der Waals surface area (Å²) in [6.45, 7) is 10.7. The third-order valence-corrected chi connectivity index (χ3v) is 6.89. The minimum absolute atomic E-state index is 0.0135. The number of hydrogen-bond acceptors (Lipinski definition) is 5. The second kappa shape index (κ2) is 10.8. The van der Waals surface area contributed by atoms with E-state index in [0.29, 0.717) is 11.5 Å². The van der Waals surface area contributed by atoms with Gasteiger partial charge in [-0.3, -0.25) is 0 Å². The second-order valence-electron chi connectivity index (χ2n) is 9.82. The number of ether oxygens (including phenoxy) is 1. The summed E-state index contributed by atoms with van der Waals surface area (Å²) in [6.07, 6.45) is 12.0. The van der Waals surface area contributed by atoms with Crippen LogP contribution in [-0.4, -0.2) is 30.3 Å². The summed E-state index contributed by atoms with van der Waals surface area (Å²) >= 11 is 0. The molecule has 1 N–H and O–H groups in total. The Balaban J connectivity index is 0.000000806. The highest BCUT2D eigenvalue weighted by Gasteiger charge is 2.45. The molecule has 2 heterocycles. The van der Waals surface area contributed by atoms with Crippen molar-refractivity contribution < 1.29 is 14.1 Å². The average Bonchev–Trinajstić information content (AvgIpc) is 3.49. The minimum atomic E-state index is -0.186. The fraction of sp³-hybridized carbons (Fsp3) is 0.840. The van der Waals surface area contributed by atoms with Gasteiger partial charge in [0.15, 0.2) is 5.76 Å². The first-order valence-electron chi connectivity index (χ1n) is 12.5. The molecule has 2 aliphatic carbocycles. The largest absolute Gasteiger partial charge is 0.459 e. The molecule has 3 fully saturated rings. The van der Waals surface area contributed by atoms with E-state index in [9.17, 15) is 4.79 Å². The average molecular weight is 419 g/mol. The third-order valence-electron chi connectivity index (χ3n) is 6.89. The Bertz CT molecular complexity index is 666. The Morgan fingerprint density at radius 2 is 1.73 bits per heavy atom. The number of carbonyl (C=O) groups excluding carboxylic acids is 1. The fourth-order valence-electron chi connectivity index (χ4n) is 5.01. The van der Waals surface area contributed by atoms with Crippen LogP contribution in [0.3, 0.4) is 0 Å². The Morgan fingerprint density at radius 1 is 1.10 bits per heavy atom. The molecular formula is C25H42N2O3. The molecule has 2 saturated carbocycles. The maximum atomic E-state index is 13.3. The lowest BCUT2D eigenvalue weighted by Crippen LogP contribution is -2.36. The van der Waals surface area contributed by atoms with Crippen LogP contribution in [-0.2, 0) is 10.2 Å². The number of esters is 1. The summed E-state index contributed by atoms with van der Waals surface area (Å²) in [5.41, 5.74) is 1.59. The van der Waals surface area contributed by atoms with Crippen molar-refractivity contribution in [1.82, 2.24) is 10.5 Å². The van der Waals surface area contributed by atoms with Crippen molar-refractivity contribution in [2.24, 2.45) is 5.92 Å². The molecule has 0 unspecified atom stereocenters. The Kier molecular flexibility index (Phi) is 8.38. The minimum Gasteiger partial charge on any atom is -0.459 e. The van der Waals surface area contributed by atoms with Gasteiger partial charge in [0.1, 0.15) is 17.4 Å². The predicted molar refractivity (Wildman–Crippen MR) is 120 cm³/mol. The molecule has 5 nitrogen and oxygen atoms in total. The highest BCUT2D eigenvalue weighted by Crippen LogP contribution is 2.49. The Morgan fingerprint density at radius 3 is 2.30 bits per heavy atom. The normalized spacial score (nSPS) is 27.3. The van der Waals surface area contributed by atoms with Gasteiger partial charge >= 0.3 is 5.97 Å². The first-order chi connectivity index (χ1) is 14.5. The van der Waals surface area contributed by atoms with E-state index >= 15 is 0 Å². The van der Waals surface area contributed by atoms with E-state index < -0.39 is 0 Å². The van der Waals surface area contributed by atoms with Gasteiger partial charge in [-0.15, -0.1) is 0 Å². The molecule has 3 aliphatic rings. The van der Waals surface area contributed by atoms with Gasteiger partial charge in [0.25, 0.3) is 0 Å². The molecule has 170 valence electrons. The van der Waals surface area contributed by atoms with Gasteiger partial charge in [-0.05, 0) is 76.8 Å². The lowest BCUT2D eigenvalue weighted by Gasteiger charge is -2.38. The number of nitrogens with one attached hydrogen (secondary N) is 1. The molecule has 0 bridgehead atoms. The smallest absolute Gasteiger partial charge is 0.344 e. The lowest BCUT2D eigenvalue weighted by molar-refractivity contribution is 0.0223. The zero-order chi connectivity index (χ0) is 21.6. The maximum absolute atomic E-state index is 13.3. The van der Waals surface area contributed by atoms with Crippen molar-refractivity contribution >= 4 is 5.97 Å². The topological polar surface area (TPSA) is 64.4 Å². The quantitative estimate of drug-likeness (QED) is 0.563. The molecule has 1 aliphatic heterocycles. The molecule has 4 rings (SSSR count). The van der Waals surface area contributed by atoms with Crippen molar-refractivity contribution in [2.75, 3.05) is 13.1 Å². The zero-order valence-corrected chi connectivity index (χ0v) is 19.6. The predicted octanol–water partition coefficient (Wildman–Crippen LogP) is 6.13. The molecule has 0 spiro atoms. The maximum Gasteiger partial charge on any atom is 0.344 e. The SMILES string of the molecule is CCC.CCCC1(c2noc(C3CC3)c2C(=O)OC2CCNCC2)CCC(C)CC1. The van der Waals surface area contributed by atoms with Gasteiger partial charge in [-0.2, -0.15) is 0 Å². The molecule has 5 heteroatoms. The van der Waals surface area contributed by atoms with E-state index in [2.05, 4.69) is 38.2 Å². The number of rotatable bonds is 6. The molecule has 1 aromatic heterocycles. The van der Waals surface area contributed by atoms with Crippen LogP contribution in [0.5, 0.6) is 0 Å². The first kappa shape index (κ1) is 23.3. The number of aromatic nitrogens is 1. The van der Waals surface area contributed by atoms with Crippen LogP contribution >= 0.6 is 0 Å². The summed E-state index contributed by atoms with van der Waals surface area (Å²) in [6, 6.07) is 0. The lowest BCUT2D eigenvalue weighted by atomic mass is 9.65. The van der Waals surface area contributed by atoms with Gasteiger partial charge in [-0.1, -0.05) is 45.7 Å². The van der Waals surface area contributed by atoms with Crippen LogP contribution in [0.4, 0.5) is 0 Å². The van der Waals surface area contributed by atoms with Crippen LogP contribution in [0.1, 0.15) is 126 Å². The van der Waals surface area contributed by atoms with E-state index in [4.69, 9.17) is 9.26 Å². The fourth-order valence-corrected chi connectivity index (χ4v) is 5.01. The van der Waals surface area contributed by atoms with Gasteiger partial charge in [0, 0.05) is 11.3 Å². The number of hydrogen-bond donors (Lipinski definition) is 1. The van der Waals surface area contributed by atoms with Gasteiger partial charge in [0.05, 0.1) is 0 Å². The van der Waals surface area contributed by atoms with E-state index in [1.165, 1.54) is 19.3 Å². The van der Waals surface area contributed by atoms with Crippen molar-refractivity contribution in [3.05, 3.63) is 17.0 Å². The summed E-state index contributed by atoms with van der Waals surface area (Å²) in [7, 11) is 0. The number of piperidine rings is 1. The van der Waals surface area contributed by atoms with Crippen molar-refractivity contribution in [2.45, 2.75) is 116 Å². The highest BCUT2D eigenvalue weighted by atomic mass is 16.5. The molecular weight excluding hydrogens is 376 g/mol. The monoisotopic (exact) mass is 418 g/mol. The highest BCUT2D eigenvalue weighted by molar-refractivity contribution is 5.92. The summed E-state index contributed by atoms with van der Waals surface area (Å²) in [5, 5.41) is 7.87.